The first kappa shape index (κ1) is 12.6. The van der Waals surface area contributed by atoms with E-state index in [0.717, 1.165) is 21.7 Å². The molecular weight excluding hydrogens is 250 g/mol. The zero-order valence-corrected chi connectivity index (χ0v) is 11.5. The number of pyridine rings is 1. The summed E-state index contributed by atoms with van der Waals surface area (Å²) in [7, 11) is 0. The van der Waals surface area contributed by atoms with Crippen LogP contribution in [0.25, 0.3) is 21.7 Å². The molecule has 3 aromatic rings. The van der Waals surface area contributed by atoms with Gasteiger partial charge in [0.15, 0.2) is 0 Å². The van der Waals surface area contributed by atoms with Crippen molar-refractivity contribution >= 4 is 27.6 Å². The van der Waals surface area contributed by atoms with Crippen molar-refractivity contribution in [3.63, 3.8) is 0 Å². The number of rotatable bonds is 2. The van der Waals surface area contributed by atoms with Crippen LogP contribution in [0.2, 0.25) is 0 Å². The highest BCUT2D eigenvalue weighted by atomic mass is 16.5. The first-order valence-electron chi connectivity index (χ1n) is 6.67. The van der Waals surface area contributed by atoms with Gasteiger partial charge < -0.3 is 4.74 Å². The standard InChI is InChI=1S/C17H15NO2/c1-3-20-17(19)15-10-13-9-8-12-6-4-5-7-14(12)16(13)18-11(15)2/h4-10H,3H2,1-2H3. The van der Waals surface area contributed by atoms with Crippen LogP contribution in [0.5, 0.6) is 0 Å². The van der Waals surface area contributed by atoms with Crippen molar-refractivity contribution in [2.75, 3.05) is 6.61 Å². The fourth-order valence-corrected chi connectivity index (χ4v) is 2.42. The third-order valence-corrected chi connectivity index (χ3v) is 3.40. The van der Waals surface area contributed by atoms with Gasteiger partial charge in [-0.15, -0.1) is 0 Å². The summed E-state index contributed by atoms with van der Waals surface area (Å²) >= 11 is 0. The van der Waals surface area contributed by atoms with E-state index >= 15 is 0 Å². The Morgan fingerprint density at radius 3 is 2.70 bits per heavy atom. The van der Waals surface area contributed by atoms with Crippen LogP contribution in [0.4, 0.5) is 0 Å². The monoisotopic (exact) mass is 265 g/mol. The number of hydrogen-bond donors (Lipinski definition) is 0. The van der Waals surface area contributed by atoms with Gasteiger partial charge in [0.1, 0.15) is 0 Å². The van der Waals surface area contributed by atoms with E-state index in [1.54, 1.807) is 6.92 Å². The number of carbonyl (C=O) groups is 1. The highest BCUT2D eigenvalue weighted by Gasteiger charge is 2.13. The van der Waals surface area contributed by atoms with Crippen LogP contribution in [0, 0.1) is 6.92 Å². The molecule has 3 rings (SSSR count). The fourth-order valence-electron chi connectivity index (χ4n) is 2.42. The molecule has 100 valence electrons. The molecule has 0 atom stereocenters. The molecular formula is C17H15NO2. The molecule has 1 heterocycles. The number of aryl methyl sites for hydroxylation is 1. The lowest BCUT2D eigenvalue weighted by molar-refractivity contribution is 0.0525. The SMILES string of the molecule is CCOC(=O)c1cc2ccc3ccccc3c2nc1C. The van der Waals surface area contributed by atoms with E-state index in [1.807, 2.05) is 43.3 Å². The number of esters is 1. The van der Waals surface area contributed by atoms with Crippen LogP contribution < -0.4 is 0 Å². The first-order valence-corrected chi connectivity index (χ1v) is 6.67. The molecule has 20 heavy (non-hydrogen) atoms. The maximum Gasteiger partial charge on any atom is 0.339 e. The first-order chi connectivity index (χ1) is 9.70. The average Bonchev–Trinajstić information content (AvgIpc) is 2.46. The second-order valence-corrected chi connectivity index (χ2v) is 4.70. The molecule has 0 aliphatic heterocycles. The number of fused-ring (bicyclic) bond motifs is 3. The summed E-state index contributed by atoms with van der Waals surface area (Å²) < 4.78 is 5.07. The zero-order valence-electron chi connectivity index (χ0n) is 11.5. The Kier molecular flexibility index (Phi) is 3.11. The molecule has 0 N–H and O–H groups in total. The van der Waals surface area contributed by atoms with E-state index in [0.29, 0.717) is 17.9 Å². The Hall–Kier alpha value is -2.42. The van der Waals surface area contributed by atoms with Crippen LogP contribution in [0.3, 0.4) is 0 Å². The summed E-state index contributed by atoms with van der Waals surface area (Å²) in [5.74, 6) is -0.312. The Bertz CT molecular complexity index is 809. The van der Waals surface area contributed by atoms with Crippen molar-refractivity contribution in [3.8, 4) is 0 Å². The summed E-state index contributed by atoms with van der Waals surface area (Å²) in [6, 6.07) is 14.0. The van der Waals surface area contributed by atoms with Gasteiger partial charge in [-0.05, 0) is 25.3 Å². The third kappa shape index (κ3) is 2.01. The molecule has 2 aromatic carbocycles. The van der Waals surface area contributed by atoms with Crippen molar-refractivity contribution < 1.29 is 9.53 Å². The molecule has 0 aliphatic rings. The van der Waals surface area contributed by atoms with E-state index in [9.17, 15) is 4.79 Å². The molecule has 0 unspecified atom stereocenters. The number of carbonyl (C=O) groups excluding carboxylic acids is 1. The minimum atomic E-state index is -0.312. The maximum absolute atomic E-state index is 11.9. The van der Waals surface area contributed by atoms with Gasteiger partial charge in [-0.1, -0.05) is 36.4 Å². The van der Waals surface area contributed by atoms with Gasteiger partial charge >= 0.3 is 5.97 Å². The molecule has 0 aliphatic carbocycles. The molecule has 0 spiro atoms. The van der Waals surface area contributed by atoms with Gasteiger partial charge in [0.25, 0.3) is 0 Å². The molecule has 0 radical (unpaired) electrons. The van der Waals surface area contributed by atoms with Crippen LogP contribution in [0.1, 0.15) is 23.0 Å². The predicted molar refractivity (Wildman–Crippen MR) is 79.9 cm³/mol. The summed E-state index contributed by atoms with van der Waals surface area (Å²) in [5, 5.41) is 3.21. The van der Waals surface area contributed by atoms with Gasteiger partial charge in [0.2, 0.25) is 0 Å². The quantitative estimate of drug-likeness (QED) is 0.521. The second kappa shape index (κ2) is 4.93. The summed E-state index contributed by atoms with van der Waals surface area (Å²) in [5.41, 5.74) is 2.16. The molecule has 0 saturated carbocycles. The van der Waals surface area contributed by atoms with E-state index in [1.165, 1.54) is 0 Å². The maximum atomic E-state index is 11.9. The van der Waals surface area contributed by atoms with Gasteiger partial charge in [0, 0.05) is 10.8 Å². The average molecular weight is 265 g/mol. The molecule has 3 nitrogen and oxygen atoms in total. The highest BCUT2D eigenvalue weighted by molar-refractivity contribution is 6.07. The number of ether oxygens (including phenoxy) is 1. The largest absolute Gasteiger partial charge is 0.462 e. The number of hydrogen-bond acceptors (Lipinski definition) is 3. The van der Waals surface area contributed by atoms with Crippen molar-refractivity contribution in [1.82, 2.24) is 4.98 Å². The van der Waals surface area contributed by atoms with Crippen LogP contribution >= 0.6 is 0 Å². The predicted octanol–water partition coefficient (Wildman–Crippen LogP) is 3.87. The smallest absolute Gasteiger partial charge is 0.339 e. The highest BCUT2D eigenvalue weighted by Crippen LogP contribution is 2.25. The van der Waals surface area contributed by atoms with Crippen molar-refractivity contribution in [2.24, 2.45) is 0 Å². The minimum absolute atomic E-state index is 0.312. The summed E-state index contributed by atoms with van der Waals surface area (Å²) in [6.45, 7) is 4.01. The lowest BCUT2D eigenvalue weighted by Gasteiger charge is -2.08. The van der Waals surface area contributed by atoms with Crippen LogP contribution in [0.15, 0.2) is 42.5 Å². The van der Waals surface area contributed by atoms with E-state index in [-0.39, 0.29) is 5.97 Å². The lowest BCUT2D eigenvalue weighted by Crippen LogP contribution is -2.08. The third-order valence-electron chi connectivity index (χ3n) is 3.40. The van der Waals surface area contributed by atoms with Gasteiger partial charge in [-0.25, -0.2) is 4.79 Å². The summed E-state index contributed by atoms with van der Waals surface area (Å²) in [4.78, 5) is 16.5. The second-order valence-electron chi connectivity index (χ2n) is 4.70. The topological polar surface area (TPSA) is 39.2 Å². The number of aromatic nitrogens is 1. The Balaban J connectivity index is 2.27. The van der Waals surface area contributed by atoms with Crippen molar-refractivity contribution in [3.05, 3.63) is 53.7 Å². The Labute approximate surface area is 117 Å². The van der Waals surface area contributed by atoms with Crippen LogP contribution in [-0.2, 0) is 4.74 Å². The Morgan fingerprint density at radius 2 is 1.90 bits per heavy atom. The molecule has 0 amide bonds. The molecule has 3 heteroatoms. The van der Waals surface area contributed by atoms with E-state index in [4.69, 9.17) is 4.74 Å². The molecule has 0 saturated heterocycles. The minimum Gasteiger partial charge on any atom is -0.462 e. The van der Waals surface area contributed by atoms with E-state index in [2.05, 4.69) is 11.1 Å². The van der Waals surface area contributed by atoms with Crippen molar-refractivity contribution in [2.45, 2.75) is 13.8 Å². The number of nitrogens with zero attached hydrogens (tertiary/aromatic N) is 1. The van der Waals surface area contributed by atoms with Gasteiger partial charge in [-0.2, -0.15) is 0 Å². The van der Waals surface area contributed by atoms with Gasteiger partial charge in [0.05, 0.1) is 23.4 Å². The molecule has 0 bridgehead atoms. The van der Waals surface area contributed by atoms with Gasteiger partial charge in [-0.3, -0.25) is 4.98 Å². The summed E-state index contributed by atoms with van der Waals surface area (Å²) in [6.07, 6.45) is 0. The zero-order chi connectivity index (χ0) is 14.1. The number of benzene rings is 2. The molecule has 1 aromatic heterocycles. The fraction of sp³-hybridized carbons (Fsp3) is 0.176. The Morgan fingerprint density at radius 1 is 1.15 bits per heavy atom. The lowest BCUT2D eigenvalue weighted by atomic mass is 10.0. The van der Waals surface area contributed by atoms with E-state index < -0.39 is 0 Å². The van der Waals surface area contributed by atoms with Crippen molar-refractivity contribution in [1.29, 1.82) is 0 Å². The van der Waals surface area contributed by atoms with Crippen LogP contribution in [-0.4, -0.2) is 17.6 Å². The molecule has 0 fully saturated rings. The normalized spacial score (nSPS) is 10.9.